The SMILES string of the molecule is CCCCN(CCC(=O)N1CCN(c2cccc(Cl)c2)CC1)c1nc(Cc2cccc(OC)c2)ns1. The van der Waals surface area contributed by atoms with E-state index < -0.39 is 0 Å². The van der Waals surface area contributed by atoms with Gasteiger partial charge in [-0.1, -0.05) is 43.1 Å². The standard InChI is InChI=1S/C27H34ClN5O2S/c1-3-4-12-33(27-29-25(30-36-27)19-21-7-5-10-24(18-21)35-2)13-11-26(34)32-16-14-31(15-17-32)23-9-6-8-22(28)20-23/h5-10,18,20H,3-4,11-17,19H2,1-2H3. The summed E-state index contributed by atoms with van der Waals surface area (Å²) in [5, 5.41) is 1.63. The average molecular weight is 528 g/mol. The van der Waals surface area contributed by atoms with E-state index in [1.165, 1.54) is 11.5 Å². The lowest BCUT2D eigenvalue weighted by Crippen LogP contribution is -2.49. The second-order valence-corrected chi connectivity index (χ2v) is 10.1. The van der Waals surface area contributed by atoms with Gasteiger partial charge in [0.15, 0.2) is 0 Å². The van der Waals surface area contributed by atoms with E-state index in [1.807, 2.05) is 41.3 Å². The maximum atomic E-state index is 13.0. The first kappa shape index (κ1) is 26.2. The largest absolute Gasteiger partial charge is 0.497 e. The summed E-state index contributed by atoms with van der Waals surface area (Å²) in [6, 6.07) is 15.9. The lowest BCUT2D eigenvalue weighted by molar-refractivity contribution is -0.131. The molecule has 2 aromatic carbocycles. The summed E-state index contributed by atoms with van der Waals surface area (Å²) in [4.78, 5) is 24.3. The minimum atomic E-state index is 0.198. The third kappa shape index (κ3) is 7.11. The number of ether oxygens (including phenoxy) is 1. The van der Waals surface area contributed by atoms with Crippen molar-refractivity contribution in [2.75, 3.05) is 56.2 Å². The molecular weight excluding hydrogens is 494 g/mol. The van der Waals surface area contributed by atoms with Crippen molar-refractivity contribution in [3.05, 3.63) is 64.9 Å². The molecule has 4 rings (SSSR count). The van der Waals surface area contributed by atoms with Crippen molar-refractivity contribution in [3.8, 4) is 5.75 Å². The number of aromatic nitrogens is 2. The molecule has 7 nitrogen and oxygen atoms in total. The van der Waals surface area contributed by atoms with Crippen LogP contribution in [0.1, 0.15) is 37.6 Å². The number of rotatable bonds is 11. The molecule has 0 spiro atoms. The monoisotopic (exact) mass is 527 g/mol. The minimum absolute atomic E-state index is 0.198. The molecule has 1 saturated heterocycles. The van der Waals surface area contributed by atoms with Crippen molar-refractivity contribution in [3.63, 3.8) is 0 Å². The van der Waals surface area contributed by atoms with E-state index in [1.54, 1.807) is 7.11 Å². The van der Waals surface area contributed by atoms with Crippen LogP contribution in [-0.2, 0) is 11.2 Å². The van der Waals surface area contributed by atoms with Gasteiger partial charge in [-0.25, -0.2) is 4.98 Å². The number of anilines is 2. The maximum absolute atomic E-state index is 13.0. The Labute approximate surface area is 222 Å². The number of halogens is 1. The number of carbonyl (C=O) groups excluding carboxylic acids is 1. The molecule has 0 radical (unpaired) electrons. The predicted molar refractivity (Wildman–Crippen MR) is 148 cm³/mol. The number of hydrogen-bond donors (Lipinski definition) is 0. The molecule has 0 unspecified atom stereocenters. The maximum Gasteiger partial charge on any atom is 0.224 e. The van der Waals surface area contributed by atoms with Gasteiger partial charge in [0, 0.05) is 74.4 Å². The van der Waals surface area contributed by atoms with Crippen LogP contribution in [0.25, 0.3) is 0 Å². The number of piperazine rings is 1. The molecule has 0 saturated carbocycles. The van der Waals surface area contributed by atoms with Crippen LogP contribution in [0.2, 0.25) is 5.02 Å². The second-order valence-electron chi connectivity index (χ2n) is 8.96. The Hall–Kier alpha value is -2.84. The summed E-state index contributed by atoms with van der Waals surface area (Å²) >= 11 is 7.56. The Kier molecular flexibility index (Phi) is 9.41. The molecule has 1 amide bonds. The molecule has 9 heteroatoms. The first-order valence-electron chi connectivity index (χ1n) is 12.5. The lowest BCUT2D eigenvalue weighted by atomic mass is 10.1. The third-order valence-corrected chi connectivity index (χ3v) is 7.46. The highest BCUT2D eigenvalue weighted by atomic mass is 35.5. The molecule has 2 heterocycles. The molecule has 36 heavy (non-hydrogen) atoms. The zero-order valence-electron chi connectivity index (χ0n) is 21.0. The molecule has 0 aliphatic carbocycles. The van der Waals surface area contributed by atoms with Crippen molar-refractivity contribution in [2.45, 2.75) is 32.6 Å². The highest BCUT2D eigenvalue weighted by Gasteiger charge is 2.22. The number of carbonyl (C=O) groups is 1. The molecule has 1 aliphatic rings. The van der Waals surface area contributed by atoms with Crippen molar-refractivity contribution in [1.82, 2.24) is 14.3 Å². The summed E-state index contributed by atoms with van der Waals surface area (Å²) < 4.78 is 9.92. The highest BCUT2D eigenvalue weighted by Crippen LogP contribution is 2.23. The van der Waals surface area contributed by atoms with Gasteiger partial charge in [0.1, 0.15) is 11.6 Å². The van der Waals surface area contributed by atoms with E-state index in [-0.39, 0.29) is 5.91 Å². The van der Waals surface area contributed by atoms with E-state index in [4.69, 9.17) is 21.3 Å². The number of amides is 1. The van der Waals surface area contributed by atoms with Gasteiger partial charge in [0.25, 0.3) is 0 Å². The predicted octanol–water partition coefficient (Wildman–Crippen LogP) is 5.14. The number of nitrogens with zero attached hydrogens (tertiary/aromatic N) is 5. The van der Waals surface area contributed by atoms with Crippen LogP contribution < -0.4 is 14.5 Å². The van der Waals surface area contributed by atoms with E-state index in [0.29, 0.717) is 19.4 Å². The Bertz CT molecular complexity index is 1130. The van der Waals surface area contributed by atoms with Crippen LogP contribution in [-0.4, -0.2) is 66.5 Å². The molecular formula is C27H34ClN5O2S. The molecule has 0 N–H and O–H groups in total. The highest BCUT2D eigenvalue weighted by molar-refractivity contribution is 7.09. The van der Waals surface area contributed by atoms with Gasteiger partial charge in [-0.15, -0.1) is 0 Å². The first-order valence-corrected chi connectivity index (χ1v) is 13.7. The minimum Gasteiger partial charge on any atom is -0.497 e. The molecule has 1 fully saturated rings. The molecule has 192 valence electrons. The van der Waals surface area contributed by atoms with E-state index in [2.05, 4.69) is 33.2 Å². The van der Waals surface area contributed by atoms with Crippen LogP contribution in [0.3, 0.4) is 0 Å². The fourth-order valence-corrected chi connectivity index (χ4v) is 5.26. The van der Waals surface area contributed by atoms with Crippen LogP contribution in [0.15, 0.2) is 48.5 Å². The number of benzene rings is 2. The Balaban J connectivity index is 1.31. The van der Waals surface area contributed by atoms with Crippen molar-refractivity contribution < 1.29 is 9.53 Å². The van der Waals surface area contributed by atoms with Gasteiger partial charge in [0.2, 0.25) is 11.0 Å². The van der Waals surface area contributed by atoms with Crippen molar-refractivity contribution in [2.24, 2.45) is 0 Å². The Morgan fingerprint density at radius 3 is 2.67 bits per heavy atom. The van der Waals surface area contributed by atoms with E-state index >= 15 is 0 Å². The summed E-state index contributed by atoms with van der Waals surface area (Å²) in [5.41, 5.74) is 2.23. The van der Waals surface area contributed by atoms with Gasteiger partial charge in [0.05, 0.1) is 7.11 Å². The van der Waals surface area contributed by atoms with Crippen molar-refractivity contribution >= 4 is 39.9 Å². The van der Waals surface area contributed by atoms with E-state index in [0.717, 1.165) is 78.5 Å². The lowest BCUT2D eigenvalue weighted by Gasteiger charge is -2.36. The number of unbranched alkanes of at least 4 members (excludes halogenated alkanes) is 1. The topological polar surface area (TPSA) is 61.8 Å². The number of hydrogen-bond acceptors (Lipinski definition) is 7. The fourth-order valence-electron chi connectivity index (χ4n) is 4.34. The van der Waals surface area contributed by atoms with Gasteiger partial charge >= 0.3 is 0 Å². The Morgan fingerprint density at radius 1 is 1.11 bits per heavy atom. The van der Waals surface area contributed by atoms with Gasteiger partial charge in [-0.2, -0.15) is 4.37 Å². The fraction of sp³-hybridized carbons (Fsp3) is 0.444. The van der Waals surface area contributed by atoms with Crippen molar-refractivity contribution in [1.29, 1.82) is 0 Å². The summed E-state index contributed by atoms with van der Waals surface area (Å²) in [6.45, 7) is 6.79. The van der Waals surface area contributed by atoms with Crippen LogP contribution >= 0.6 is 23.1 Å². The van der Waals surface area contributed by atoms with Crippen LogP contribution in [0.5, 0.6) is 5.75 Å². The third-order valence-electron chi connectivity index (χ3n) is 6.41. The first-order chi connectivity index (χ1) is 17.6. The van der Waals surface area contributed by atoms with Gasteiger partial charge in [-0.3, -0.25) is 4.79 Å². The zero-order valence-corrected chi connectivity index (χ0v) is 22.6. The zero-order chi connectivity index (χ0) is 25.3. The van der Waals surface area contributed by atoms with Gasteiger partial charge < -0.3 is 19.4 Å². The smallest absolute Gasteiger partial charge is 0.224 e. The quantitative estimate of drug-likeness (QED) is 0.344. The summed E-state index contributed by atoms with van der Waals surface area (Å²) in [5.74, 6) is 1.83. The summed E-state index contributed by atoms with van der Waals surface area (Å²) in [6.07, 6.45) is 3.28. The molecule has 1 aliphatic heterocycles. The Morgan fingerprint density at radius 2 is 1.92 bits per heavy atom. The average Bonchev–Trinajstić information content (AvgIpc) is 3.37. The normalized spacial score (nSPS) is 13.6. The molecule has 0 atom stereocenters. The molecule has 3 aromatic rings. The molecule has 0 bridgehead atoms. The summed E-state index contributed by atoms with van der Waals surface area (Å²) in [7, 11) is 1.67. The number of methoxy groups -OCH3 is 1. The van der Waals surface area contributed by atoms with Crippen LogP contribution in [0, 0.1) is 0 Å². The van der Waals surface area contributed by atoms with Crippen LogP contribution in [0.4, 0.5) is 10.8 Å². The second kappa shape index (κ2) is 12.9. The molecule has 1 aromatic heterocycles. The van der Waals surface area contributed by atoms with E-state index in [9.17, 15) is 4.79 Å². The van der Waals surface area contributed by atoms with Gasteiger partial charge in [-0.05, 0) is 42.3 Å².